The van der Waals surface area contributed by atoms with E-state index >= 15 is 0 Å². The van der Waals surface area contributed by atoms with Gasteiger partial charge in [0.25, 0.3) is 5.91 Å². The summed E-state index contributed by atoms with van der Waals surface area (Å²) in [6.07, 6.45) is 0. The molecule has 206 valence electrons. The number of nitrogens with one attached hydrogen (secondary N) is 1. The number of sulfonamides is 1. The molecule has 5 rings (SSSR count). The molecule has 0 aromatic heterocycles. The Bertz CT molecular complexity index is 1480. The Labute approximate surface area is 234 Å². The lowest BCUT2D eigenvalue weighted by Crippen LogP contribution is -2.41. The smallest absolute Gasteiger partial charge is 0.268 e. The molecular formula is C29H32ClN3O5S. The number of ether oxygens (including phenoxy) is 1. The van der Waals surface area contributed by atoms with Gasteiger partial charge < -0.3 is 19.6 Å². The van der Waals surface area contributed by atoms with Gasteiger partial charge in [-0.3, -0.25) is 4.79 Å². The minimum absolute atomic E-state index is 0.0452. The number of fused-ring (bicyclic) bond motifs is 1. The average Bonchev–Trinajstić information content (AvgIpc) is 3.10. The summed E-state index contributed by atoms with van der Waals surface area (Å²) >= 11 is 6.30. The van der Waals surface area contributed by atoms with Crippen molar-refractivity contribution in [3.05, 3.63) is 88.4 Å². The van der Waals surface area contributed by atoms with E-state index in [0.29, 0.717) is 29.5 Å². The van der Waals surface area contributed by atoms with Gasteiger partial charge in [-0.1, -0.05) is 41.9 Å². The summed E-state index contributed by atoms with van der Waals surface area (Å²) in [6, 6.07) is 18.7. The van der Waals surface area contributed by atoms with Crippen LogP contribution in [0.3, 0.4) is 0 Å². The lowest BCUT2D eigenvalue weighted by molar-refractivity contribution is -0.132. The zero-order valence-corrected chi connectivity index (χ0v) is 23.7. The van der Waals surface area contributed by atoms with Crippen LogP contribution in [0.15, 0.2) is 71.6 Å². The van der Waals surface area contributed by atoms with E-state index in [2.05, 4.69) is 9.62 Å². The molecule has 2 aliphatic heterocycles. The molecule has 8 nitrogen and oxygen atoms in total. The van der Waals surface area contributed by atoms with Gasteiger partial charge in [0.05, 0.1) is 30.3 Å². The fourth-order valence-corrected chi connectivity index (χ4v) is 6.63. The van der Waals surface area contributed by atoms with Crippen LogP contribution in [-0.2, 0) is 31.7 Å². The van der Waals surface area contributed by atoms with Crippen LogP contribution in [0.2, 0.25) is 5.02 Å². The molecular weight excluding hydrogens is 538 g/mol. The average molecular weight is 570 g/mol. The number of aliphatic hydroxyl groups is 1. The number of benzene rings is 3. The molecule has 3 aromatic rings. The van der Waals surface area contributed by atoms with Crippen molar-refractivity contribution < 1.29 is 23.1 Å². The largest absolute Gasteiger partial charge is 0.378 e. The highest BCUT2D eigenvalue weighted by molar-refractivity contribution is 7.89. The first-order valence-corrected chi connectivity index (χ1v) is 14.7. The number of morpholine rings is 1. The molecule has 3 aromatic carbocycles. The predicted octanol–water partition coefficient (Wildman–Crippen LogP) is 4.04. The first kappa shape index (κ1) is 27.6. The molecule has 1 fully saturated rings. The predicted molar refractivity (Wildman–Crippen MR) is 152 cm³/mol. The molecule has 2 heterocycles. The summed E-state index contributed by atoms with van der Waals surface area (Å²) in [5.74, 6) is -0.527. The summed E-state index contributed by atoms with van der Waals surface area (Å²) in [5.41, 5.74) is 0.513. The Morgan fingerprint density at radius 1 is 1.00 bits per heavy atom. The topological polar surface area (TPSA) is 99.2 Å². The summed E-state index contributed by atoms with van der Waals surface area (Å²) in [7, 11) is -3.78. The van der Waals surface area contributed by atoms with Gasteiger partial charge in [0.15, 0.2) is 5.60 Å². The maximum atomic E-state index is 13.9. The van der Waals surface area contributed by atoms with Crippen molar-refractivity contribution in [2.24, 2.45) is 0 Å². The van der Waals surface area contributed by atoms with Gasteiger partial charge in [-0.2, -0.15) is 0 Å². The SMILES string of the molecule is CC(C)(C)NS(=O)(=O)c1ccc(C2(O)C(=O)N(Cc3ccc(N4CCOCC4)cc3)c3cc(Cl)ccc32)cc1. The van der Waals surface area contributed by atoms with E-state index in [4.69, 9.17) is 16.3 Å². The fourth-order valence-electron chi connectivity index (χ4n) is 5.04. The zero-order valence-electron chi connectivity index (χ0n) is 22.1. The lowest BCUT2D eigenvalue weighted by atomic mass is 9.87. The second-order valence-electron chi connectivity index (χ2n) is 10.9. The zero-order chi connectivity index (χ0) is 28.0. The first-order chi connectivity index (χ1) is 18.4. The number of nitrogens with zero attached hydrogens (tertiary/aromatic N) is 2. The van der Waals surface area contributed by atoms with E-state index in [9.17, 15) is 18.3 Å². The number of carbonyl (C=O) groups excluding carboxylic acids is 1. The van der Waals surface area contributed by atoms with Crippen molar-refractivity contribution in [1.29, 1.82) is 0 Å². The van der Waals surface area contributed by atoms with E-state index in [1.54, 1.807) is 39.0 Å². The van der Waals surface area contributed by atoms with E-state index in [1.165, 1.54) is 29.2 Å². The molecule has 2 N–H and O–H groups in total. The standard InChI is InChI=1S/C29H32ClN3O5S/c1-28(2,3)31-39(36,37)24-11-6-21(7-12-24)29(35)25-13-8-22(30)18-26(25)33(27(29)34)19-20-4-9-23(10-5-20)32-14-16-38-17-15-32/h4-13,18,31,35H,14-17,19H2,1-3H3. The number of halogens is 1. The highest BCUT2D eigenvalue weighted by Crippen LogP contribution is 2.46. The van der Waals surface area contributed by atoms with Crippen LogP contribution in [0, 0.1) is 0 Å². The maximum absolute atomic E-state index is 13.9. The minimum Gasteiger partial charge on any atom is -0.378 e. The van der Waals surface area contributed by atoms with Gasteiger partial charge in [-0.25, -0.2) is 13.1 Å². The Hall–Kier alpha value is -2.95. The van der Waals surface area contributed by atoms with Gasteiger partial charge in [-0.05, 0) is 68.3 Å². The molecule has 1 amide bonds. The number of carbonyl (C=O) groups is 1. The Kier molecular flexibility index (Phi) is 7.24. The highest BCUT2D eigenvalue weighted by atomic mass is 35.5. The van der Waals surface area contributed by atoms with Gasteiger partial charge in [0.2, 0.25) is 10.0 Å². The second-order valence-corrected chi connectivity index (χ2v) is 13.0. The third-order valence-corrected chi connectivity index (χ3v) is 8.88. The molecule has 2 aliphatic rings. The van der Waals surface area contributed by atoms with Crippen LogP contribution < -0.4 is 14.5 Å². The summed E-state index contributed by atoms with van der Waals surface area (Å²) < 4.78 is 33.6. The fraction of sp³-hybridized carbons (Fsp3) is 0.345. The summed E-state index contributed by atoms with van der Waals surface area (Å²) in [5, 5.41) is 12.3. The third-order valence-electron chi connectivity index (χ3n) is 6.87. The van der Waals surface area contributed by atoms with Gasteiger partial charge in [-0.15, -0.1) is 0 Å². The monoisotopic (exact) mass is 569 g/mol. The van der Waals surface area contributed by atoms with Crippen LogP contribution in [-0.4, -0.2) is 51.3 Å². The summed E-state index contributed by atoms with van der Waals surface area (Å²) in [4.78, 5) is 17.7. The molecule has 1 unspecified atom stereocenters. The Balaban J connectivity index is 1.45. The number of rotatable bonds is 6. The number of amides is 1. The van der Waals surface area contributed by atoms with Crippen LogP contribution in [0.25, 0.3) is 0 Å². The van der Waals surface area contributed by atoms with Crippen LogP contribution in [0.5, 0.6) is 0 Å². The number of anilines is 2. The van der Waals surface area contributed by atoms with Crippen LogP contribution >= 0.6 is 11.6 Å². The molecule has 1 atom stereocenters. The van der Waals surface area contributed by atoms with Crippen LogP contribution in [0.1, 0.15) is 37.5 Å². The molecule has 39 heavy (non-hydrogen) atoms. The van der Waals surface area contributed by atoms with Gasteiger partial charge in [0, 0.05) is 34.9 Å². The Morgan fingerprint density at radius 2 is 1.64 bits per heavy atom. The molecule has 10 heteroatoms. The van der Waals surface area contributed by atoms with Crippen molar-refractivity contribution >= 4 is 38.9 Å². The highest BCUT2D eigenvalue weighted by Gasteiger charge is 2.51. The molecule has 1 saturated heterocycles. The number of hydrogen-bond donors (Lipinski definition) is 2. The lowest BCUT2D eigenvalue weighted by Gasteiger charge is -2.29. The first-order valence-electron chi connectivity index (χ1n) is 12.8. The van der Waals surface area contributed by atoms with Gasteiger partial charge in [0.1, 0.15) is 0 Å². The minimum atomic E-state index is -3.78. The maximum Gasteiger partial charge on any atom is 0.268 e. The normalized spacial score (nSPS) is 19.9. The van der Waals surface area contributed by atoms with E-state index < -0.39 is 27.1 Å². The quantitative estimate of drug-likeness (QED) is 0.465. The second kappa shape index (κ2) is 10.2. The third kappa shape index (κ3) is 5.42. The van der Waals surface area contributed by atoms with E-state index in [1.807, 2.05) is 24.3 Å². The summed E-state index contributed by atoms with van der Waals surface area (Å²) in [6.45, 7) is 8.55. The van der Waals surface area contributed by atoms with Crippen LogP contribution in [0.4, 0.5) is 11.4 Å². The van der Waals surface area contributed by atoms with Crippen molar-refractivity contribution in [2.75, 3.05) is 36.1 Å². The molecule has 0 aliphatic carbocycles. The van der Waals surface area contributed by atoms with Gasteiger partial charge >= 0.3 is 0 Å². The Morgan fingerprint density at radius 3 is 2.26 bits per heavy atom. The van der Waals surface area contributed by atoms with Crippen molar-refractivity contribution in [3.63, 3.8) is 0 Å². The number of hydrogen-bond acceptors (Lipinski definition) is 6. The van der Waals surface area contributed by atoms with Crippen molar-refractivity contribution in [1.82, 2.24) is 4.72 Å². The van der Waals surface area contributed by atoms with Crippen molar-refractivity contribution in [3.8, 4) is 0 Å². The van der Waals surface area contributed by atoms with E-state index in [0.717, 1.165) is 24.3 Å². The molecule has 0 radical (unpaired) electrons. The van der Waals surface area contributed by atoms with Crippen molar-refractivity contribution in [2.45, 2.75) is 43.4 Å². The molecule has 0 spiro atoms. The molecule has 0 saturated carbocycles. The molecule has 0 bridgehead atoms. The van der Waals surface area contributed by atoms with E-state index in [-0.39, 0.29) is 17.0 Å².